The minimum atomic E-state index is -3.40. The van der Waals surface area contributed by atoms with E-state index in [0.717, 1.165) is 0 Å². The molecule has 0 aliphatic rings. The van der Waals surface area contributed by atoms with Gasteiger partial charge in [0.2, 0.25) is 0 Å². The maximum Gasteiger partial charge on any atom is 0.191 e. The van der Waals surface area contributed by atoms with Gasteiger partial charge in [-0.05, 0) is 43.5 Å². The van der Waals surface area contributed by atoms with Gasteiger partial charge in [-0.3, -0.25) is 4.99 Å². The van der Waals surface area contributed by atoms with E-state index in [1.165, 1.54) is 6.07 Å². The van der Waals surface area contributed by atoms with Crippen LogP contribution in [0.3, 0.4) is 0 Å². The van der Waals surface area contributed by atoms with Crippen LogP contribution in [0, 0.1) is 5.82 Å². The van der Waals surface area contributed by atoms with E-state index >= 15 is 0 Å². The molecule has 1 unspecified atom stereocenters. The molecule has 2 aromatic rings. The molecule has 0 heterocycles. The van der Waals surface area contributed by atoms with Gasteiger partial charge < -0.3 is 10.6 Å². The maximum absolute atomic E-state index is 13.7. The van der Waals surface area contributed by atoms with Crippen molar-refractivity contribution in [3.63, 3.8) is 0 Å². The first-order valence-corrected chi connectivity index (χ1v) is 11.2. The summed E-state index contributed by atoms with van der Waals surface area (Å²) in [5.41, 5.74) is 0.612. The van der Waals surface area contributed by atoms with E-state index < -0.39 is 9.84 Å². The van der Waals surface area contributed by atoms with Crippen LogP contribution in [0.25, 0.3) is 0 Å². The van der Waals surface area contributed by atoms with E-state index in [1.54, 1.807) is 48.5 Å². The van der Waals surface area contributed by atoms with E-state index in [0.29, 0.717) is 42.3 Å². The van der Waals surface area contributed by atoms with Crippen LogP contribution in [0.5, 0.6) is 0 Å². The van der Waals surface area contributed by atoms with Gasteiger partial charge >= 0.3 is 0 Å². The van der Waals surface area contributed by atoms with Gasteiger partial charge in [-0.15, -0.1) is 0 Å². The van der Waals surface area contributed by atoms with Crippen LogP contribution < -0.4 is 10.6 Å². The molecule has 0 aliphatic heterocycles. The smallest absolute Gasteiger partial charge is 0.191 e. The molecule has 7 heteroatoms. The summed E-state index contributed by atoms with van der Waals surface area (Å²) in [5, 5.41) is 6.32. The lowest BCUT2D eigenvalue weighted by molar-refractivity contribution is 0.568. The molecular formula is C21H28FN3O2S. The van der Waals surface area contributed by atoms with E-state index in [4.69, 9.17) is 0 Å². The molecule has 152 valence electrons. The minimum absolute atomic E-state index is 0.0226. The first-order valence-electron chi connectivity index (χ1n) is 9.52. The number of benzene rings is 2. The lowest BCUT2D eigenvalue weighted by Gasteiger charge is -2.20. The van der Waals surface area contributed by atoms with Gasteiger partial charge in [-0.2, -0.15) is 0 Å². The molecule has 1 atom stereocenters. The number of hydrogen-bond acceptors (Lipinski definition) is 3. The highest BCUT2D eigenvalue weighted by atomic mass is 32.2. The van der Waals surface area contributed by atoms with Crippen LogP contribution in [0.4, 0.5) is 4.39 Å². The van der Waals surface area contributed by atoms with Gasteiger partial charge in [-0.25, -0.2) is 12.8 Å². The summed E-state index contributed by atoms with van der Waals surface area (Å²) >= 11 is 0. The number of hydrogen-bond donors (Lipinski definition) is 2. The monoisotopic (exact) mass is 405 g/mol. The third-order valence-corrected chi connectivity index (χ3v) is 6.14. The van der Waals surface area contributed by atoms with Crippen LogP contribution in [0.1, 0.15) is 25.8 Å². The molecule has 0 fully saturated rings. The number of halogens is 1. The van der Waals surface area contributed by atoms with Crippen LogP contribution in [-0.4, -0.2) is 39.3 Å². The largest absolute Gasteiger partial charge is 0.357 e. The molecule has 0 aromatic heterocycles. The average molecular weight is 406 g/mol. The van der Waals surface area contributed by atoms with Crippen molar-refractivity contribution in [2.75, 3.05) is 18.8 Å². The van der Waals surface area contributed by atoms with Crippen molar-refractivity contribution in [3.05, 3.63) is 66.0 Å². The number of guanidine groups is 1. The summed E-state index contributed by atoms with van der Waals surface area (Å²) in [7, 11) is -3.40. The number of nitrogens with zero attached hydrogens (tertiary/aromatic N) is 1. The lowest BCUT2D eigenvalue weighted by Crippen LogP contribution is -2.46. The fraction of sp³-hybridized carbons (Fsp3) is 0.381. The molecule has 0 saturated carbocycles. The summed E-state index contributed by atoms with van der Waals surface area (Å²) in [5.74, 6) is 0.274. The van der Waals surface area contributed by atoms with Crippen LogP contribution >= 0.6 is 0 Å². The average Bonchev–Trinajstić information content (AvgIpc) is 2.69. The molecule has 2 aromatic carbocycles. The predicted molar refractivity (Wildman–Crippen MR) is 112 cm³/mol. The van der Waals surface area contributed by atoms with Gasteiger partial charge in [0, 0.05) is 19.1 Å². The van der Waals surface area contributed by atoms with Crippen LogP contribution in [0.2, 0.25) is 0 Å². The Labute approximate surface area is 167 Å². The van der Waals surface area contributed by atoms with E-state index in [9.17, 15) is 12.8 Å². The number of aliphatic imine (C=N–C) groups is 1. The summed E-state index contributed by atoms with van der Waals surface area (Å²) in [6, 6.07) is 14.8. The second kappa shape index (κ2) is 10.8. The van der Waals surface area contributed by atoms with E-state index in [1.807, 2.05) is 13.8 Å². The van der Waals surface area contributed by atoms with Gasteiger partial charge in [0.15, 0.2) is 15.8 Å². The zero-order chi connectivity index (χ0) is 20.4. The highest BCUT2D eigenvalue weighted by molar-refractivity contribution is 7.91. The number of nitrogens with one attached hydrogen (secondary N) is 2. The Morgan fingerprint density at radius 2 is 1.75 bits per heavy atom. The Kier molecular flexibility index (Phi) is 8.44. The Hall–Kier alpha value is -2.41. The highest BCUT2D eigenvalue weighted by Gasteiger charge is 2.20. The maximum atomic E-state index is 13.7. The summed E-state index contributed by atoms with van der Waals surface area (Å²) in [6.45, 7) is 4.92. The van der Waals surface area contributed by atoms with Crippen molar-refractivity contribution in [1.29, 1.82) is 0 Å². The van der Waals surface area contributed by atoms with Gasteiger partial charge in [0.1, 0.15) is 5.82 Å². The first kappa shape index (κ1) is 21.9. The van der Waals surface area contributed by atoms with Crippen molar-refractivity contribution >= 4 is 15.8 Å². The third-order valence-electron chi connectivity index (χ3n) is 4.31. The highest BCUT2D eigenvalue weighted by Crippen LogP contribution is 2.12. The predicted octanol–water partition coefficient (Wildman–Crippen LogP) is 3.18. The minimum Gasteiger partial charge on any atom is -0.357 e. The third kappa shape index (κ3) is 6.64. The Morgan fingerprint density at radius 1 is 1.07 bits per heavy atom. The molecule has 0 bridgehead atoms. The summed E-state index contributed by atoms with van der Waals surface area (Å²) < 4.78 is 39.0. The van der Waals surface area contributed by atoms with Crippen molar-refractivity contribution in [2.24, 2.45) is 4.99 Å². The van der Waals surface area contributed by atoms with Crippen molar-refractivity contribution in [3.8, 4) is 0 Å². The van der Waals surface area contributed by atoms with Crippen molar-refractivity contribution in [1.82, 2.24) is 10.6 Å². The molecular weight excluding hydrogens is 377 g/mol. The van der Waals surface area contributed by atoms with Crippen LogP contribution in [0.15, 0.2) is 64.5 Å². The molecule has 0 radical (unpaired) electrons. The van der Waals surface area contributed by atoms with E-state index in [2.05, 4.69) is 15.6 Å². The van der Waals surface area contributed by atoms with Gasteiger partial charge in [0.05, 0.1) is 10.6 Å². The molecule has 5 nitrogen and oxygen atoms in total. The SMILES string of the molecule is CCNC(=NCCc1ccccc1F)NC(CC)CS(=O)(=O)c1ccccc1. The second-order valence-electron chi connectivity index (χ2n) is 6.45. The van der Waals surface area contributed by atoms with E-state index in [-0.39, 0.29) is 17.6 Å². The molecule has 2 rings (SSSR count). The Morgan fingerprint density at radius 3 is 2.39 bits per heavy atom. The summed E-state index contributed by atoms with van der Waals surface area (Å²) in [4.78, 5) is 4.79. The lowest BCUT2D eigenvalue weighted by atomic mass is 10.1. The van der Waals surface area contributed by atoms with Crippen molar-refractivity contribution in [2.45, 2.75) is 37.6 Å². The molecule has 28 heavy (non-hydrogen) atoms. The fourth-order valence-electron chi connectivity index (χ4n) is 2.75. The Balaban J connectivity index is 2.03. The number of rotatable bonds is 9. The van der Waals surface area contributed by atoms with Gasteiger partial charge in [-0.1, -0.05) is 43.3 Å². The number of sulfone groups is 1. The molecule has 0 saturated heterocycles. The molecule has 0 amide bonds. The second-order valence-corrected chi connectivity index (χ2v) is 8.48. The zero-order valence-electron chi connectivity index (χ0n) is 16.4. The summed E-state index contributed by atoms with van der Waals surface area (Å²) in [6.07, 6.45) is 1.10. The quantitative estimate of drug-likeness (QED) is 0.497. The topological polar surface area (TPSA) is 70.6 Å². The first-order chi connectivity index (χ1) is 13.5. The zero-order valence-corrected chi connectivity index (χ0v) is 17.2. The van der Waals surface area contributed by atoms with Crippen LogP contribution in [-0.2, 0) is 16.3 Å². The standard InChI is InChI=1S/C21H28FN3O2S/c1-3-18(16-28(26,27)19-11-6-5-7-12-19)25-21(23-4-2)24-15-14-17-10-8-9-13-20(17)22/h5-13,18H,3-4,14-16H2,1-2H3,(H2,23,24,25). The van der Waals surface area contributed by atoms with Crippen molar-refractivity contribution < 1.29 is 12.8 Å². The van der Waals surface area contributed by atoms with Gasteiger partial charge in [0.25, 0.3) is 0 Å². The molecule has 0 aliphatic carbocycles. The Bertz CT molecular complexity index is 870. The fourth-order valence-corrected chi connectivity index (χ4v) is 4.37. The molecule has 2 N–H and O–H groups in total. The normalized spacial score (nSPS) is 13.2. The molecule has 0 spiro atoms.